The number of carbonyl (C=O) groups is 1. The Bertz CT molecular complexity index is 896. The highest BCUT2D eigenvalue weighted by Gasteiger charge is 2.19. The van der Waals surface area contributed by atoms with Crippen molar-refractivity contribution in [3.63, 3.8) is 0 Å². The van der Waals surface area contributed by atoms with Crippen LogP contribution >= 0.6 is 11.6 Å². The van der Waals surface area contributed by atoms with E-state index in [1.807, 2.05) is 6.92 Å². The van der Waals surface area contributed by atoms with Crippen LogP contribution < -0.4 is 10.1 Å². The summed E-state index contributed by atoms with van der Waals surface area (Å²) in [5, 5.41) is 3.29. The average Bonchev–Trinajstić information content (AvgIpc) is 2.61. The molecule has 1 amide bonds. The molecule has 0 fully saturated rings. The number of ether oxygens (including phenoxy) is 1. The molecular formula is C18H21ClN2O4S. The van der Waals surface area contributed by atoms with Crippen LogP contribution in [0.4, 0.5) is 0 Å². The second-order valence-electron chi connectivity index (χ2n) is 5.90. The number of hydrogen-bond donors (Lipinski definition) is 1. The zero-order valence-corrected chi connectivity index (χ0v) is 16.6. The Labute approximate surface area is 158 Å². The van der Waals surface area contributed by atoms with Gasteiger partial charge in [0.2, 0.25) is 10.0 Å². The van der Waals surface area contributed by atoms with Crippen LogP contribution in [0.25, 0.3) is 0 Å². The Morgan fingerprint density at radius 1 is 1.15 bits per heavy atom. The van der Waals surface area contributed by atoms with E-state index in [9.17, 15) is 13.2 Å². The van der Waals surface area contributed by atoms with Crippen molar-refractivity contribution in [2.45, 2.75) is 17.9 Å². The maximum Gasteiger partial charge on any atom is 0.255 e. The number of nitrogens with one attached hydrogen (secondary N) is 1. The van der Waals surface area contributed by atoms with Crippen LogP contribution in [0.15, 0.2) is 47.4 Å². The number of benzene rings is 2. The highest BCUT2D eigenvalue weighted by atomic mass is 35.5. The number of amides is 1. The molecule has 140 valence electrons. The molecule has 0 aromatic heterocycles. The minimum absolute atomic E-state index is 0.196. The summed E-state index contributed by atoms with van der Waals surface area (Å²) >= 11 is 5.96. The number of hydrogen-bond acceptors (Lipinski definition) is 4. The fourth-order valence-electron chi connectivity index (χ4n) is 2.35. The largest absolute Gasteiger partial charge is 0.496 e. The van der Waals surface area contributed by atoms with Crippen LogP contribution in [0, 0.1) is 0 Å². The van der Waals surface area contributed by atoms with Gasteiger partial charge in [0.1, 0.15) is 5.75 Å². The summed E-state index contributed by atoms with van der Waals surface area (Å²) in [5.74, 6) is 0.0911. The Morgan fingerprint density at radius 3 is 2.31 bits per heavy atom. The molecule has 26 heavy (non-hydrogen) atoms. The van der Waals surface area contributed by atoms with Crippen molar-refractivity contribution in [2.24, 2.45) is 0 Å². The Morgan fingerprint density at radius 2 is 1.77 bits per heavy atom. The third-order valence-corrected chi connectivity index (χ3v) is 5.98. The van der Waals surface area contributed by atoms with E-state index in [1.165, 1.54) is 39.4 Å². The fourth-order valence-corrected chi connectivity index (χ4v) is 3.43. The van der Waals surface area contributed by atoms with Crippen molar-refractivity contribution in [3.8, 4) is 5.75 Å². The average molecular weight is 397 g/mol. The second kappa shape index (κ2) is 8.07. The first-order chi connectivity index (χ1) is 12.2. The molecule has 0 saturated heterocycles. The SMILES string of the molecule is COc1ccc(Cl)cc1C(=O)NC(C)c1ccc(S(=O)(=O)N(C)C)cc1. The van der Waals surface area contributed by atoms with Crippen molar-refractivity contribution in [3.05, 3.63) is 58.6 Å². The first-order valence-electron chi connectivity index (χ1n) is 7.83. The number of carbonyl (C=O) groups excluding carboxylic acids is 1. The number of methoxy groups -OCH3 is 1. The van der Waals surface area contributed by atoms with Crippen molar-refractivity contribution >= 4 is 27.5 Å². The van der Waals surface area contributed by atoms with E-state index in [2.05, 4.69) is 5.32 Å². The van der Waals surface area contributed by atoms with Gasteiger partial charge in [0, 0.05) is 19.1 Å². The van der Waals surface area contributed by atoms with Gasteiger partial charge in [-0.2, -0.15) is 0 Å². The molecule has 0 saturated carbocycles. The monoisotopic (exact) mass is 396 g/mol. The van der Waals surface area contributed by atoms with Gasteiger partial charge in [-0.05, 0) is 42.8 Å². The van der Waals surface area contributed by atoms with Crippen molar-refractivity contribution in [2.75, 3.05) is 21.2 Å². The van der Waals surface area contributed by atoms with Crippen LogP contribution in [-0.4, -0.2) is 39.8 Å². The van der Waals surface area contributed by atoms with E-state index in [0.29, 0.717) is 16.3 Å². The van der Waals surface area contributed by atoms with Gasteiger partial charge in [-0.25, -0.2) is 12.7 Å². The zero-order valence-electron chi connectivity index (χ0n) is 15.0. The van der Waals surface area contributed by atoms with E-state index < -0.39 is 10.0 Å². The first-order valence-corrected chi connectivity index (χ1v) is 9.65. The predicted octanol–water partition coefficient (Wildman–Crippen LogP) is 3.09. The lowest BCUT2D eigenvalue weighted by Gasteiger charge is -2.17. The number of halogens is 1. The van der Waals surface area contributed by atoms with E-state index in [1.54, 1.807) is 24.3 Å². The van der Waals surface area contributed by atoms with Crippen molar-refractivity contribution in [1.82, 2.24) is 9.62 Å². The van der Waals surface area contributed by atoms with Crippen LogP contribution in [0.2, 0.25) is 5.02 Å². The van der Waals surface area contributed by atoms with E-state index in [-0.39, 0.29) is 16.8 Å². The van der Waals surface area contributed by atoms with Crippen LogP contribution in [0.5, 0.6) is 5.75 Å². The lowest BCUT2D eigenvalue weighted by molar-refractivity contribution is 0.0937. The van der Waals surface area contributed by atoms with Crippen LogP contribution in [0.3, 0.4) is 0 Å². The molecule has 6 nitrogen and oxygen atoms in total. The molecule has 0 aliphatic carbocycles. The molecule has 1 N–H and O–H groups in total. The molecule has 2 aromatic rings. The molecule has 0 heterocycles. The smallest absolute Gasteiger partial charge is 0.255 e. The second-order valence-corrected chi connectivity index (χ2v) is 8.48. The van der Waals surface area contributed by atoms with Gasteiger partial charge in [0.05, 0.1) is 23.6 Å². The molecule has 0 spiro atoms. The summed E-state index contributed by atoms with van der Waals surface area (Å²) in [5.41, 5.74) is 1.11. The quantitative estimate of drug-likeness (QED) is 0.814. The summed E-state index contributed by atoms with van der Waals surface area (Å²) in [6.45, 7) is 1.81. The lowest BCUT2D eigenvalue weighted by Crippen LogP contribution is -2.27. The standard InChI is InChI=1S/C18H21ClN2O4S/c1-12(13-5-8-15(9-6-13)26(23,24)21(2)3)20-18(22)16-11-14(19)7-10-17(16)25-4/h5-12H,1-4H3,(H,20,22). The molecule has 8 heteroatoms. The van der Waals surface area contributed by atoms with E-state index in [4.69, 9.17) is 16.3 Å². The molecular weight excluding hydrogens is 376 g/mol. The summed E-state index contributed by atoms with van der Waals surface area (Å²) < 4.78 is 30.6. The van der Waals surface area contributed by atoms with Gasteiger partial charge < -0.3 is 10.1 Å². The van der Waals surface area contributed by atoms with Crippen molar-refractivity contribution in [1.29, 1.82) is 0 Å². The Balaban J connectivity index is 2.19. The minimum atomic E-state index is -3.48. The lowest BCUT2D eigenvalue weighted by atomic mass is 10.1. The number of rotatable bonds is 6. The molecule has 0 aliphatic heterocycles. The molecule has 0 radical (unpaired) electrons. The maximum absolute atomic E-state index is 12.5. The predicted molar refractivity (Wildman–Crippen MR) is 101 cm³/mol. The zero-order chi connectivity index (χ0) is 19.5. The molecule has 2 rings (SSSR count). The van der Waals surface area contributed by atoms with Gasteiger partial charge in [0.15, 0.2) is 0 Å². The molecule has 0 bridgehead atoms. The third kappa shape index (κ3) is 4.35. The van der Waals surface area contributed by atoms with Crippen LogP contribution in [-0.2, 0) is 10.0 Å². The molecule has 1 unspecified atom stereocenters. The summed E-state index contributed by atoms with van der Waals surface area (Å²) in [6, 6.07) is 10.9. The molecule has 0 aliphatic rings. The maximum atomic E-state index is 12.5. The molecule has 1 atom stereocenters. The number of sulfonamides is 1. The Kier molecular flexibility index (Phi) is 6.28. The number of nitrogens with zero attached hydrogens (tertiary/aromatic N) is 1. The van der Waals surface area contributed by atoms with Gasteiger partial charge >= 0.3 is 0 Å². The first kappa shape index (κ1) is 20.2. The fraction of sp³-hybridized carbons (Fsp3) is 0.278. The van der Waals surface area contributed by atoms with E-state index >= 15 is 0 Å². The summed E-state index contributed by atoms with van der Waals surface area (Å²) in [4.78, 5) is 12.7. The van der Waals surface area contributed by atoms with E-state index in [0.717, 1.165) is 9.87 Å². The van der Waals surface area contributed by atoms with Gasteiger partial charge in [0.25, 0.3) is 5.91 Å². The van der Waals surface area contributed by atoms with Gasteiger partial charge in [-0.3, -0.25) is 4.79 Å². The van der Waals surface area contributed by atoms with Crippen molar-refractivity contribution < 1.29 is 17.9 Å². The Hall–Kier alpha value is -2.09. The highest BCUT2D eigenvalue weighted by Crippen LogP contribution is 2.24. The van der Waals surface area contributed by atoms with Gasteiger partial charge in [-0.1, -0.05) is 23.7 Å². The summed E-state index contributed by atoms with van der Waals surface area (Å²) in [7, 11) is 0.948. The van der Waals surface area contributed by atoms with Crippen LogP contribution in [0.1, 0.15) is 28.9 Å². The summed E-state index contributed by atoms with van der Waals surface area (Å²) in [6.07, 6.45) is 0. The minimum Gasteiger partial charge on any atom is -0.496 e. The molecule has 2 aromatic carbocycles. The highest BCUT2D eigenvalue weighted by molar-refractivity contribution is 7.89. The normalized spacial score (nSPS) is 12.7. The topological polar surface area (TPSA) is 75.7 Å². The third-order valence-electron chi connectivity index (χ3n) is 3.91. The van der Waals surface area contributed by atoms with Gasteiger partial charge in [-0.15, -0.1) is 0 Å².